The van der Waals surface area contributed by atoms with Crippen molar-refractivity contribution in [2.45, 2.75) is 13.5 Å². The van der Waals surface area contributed by atoms with Gasteiger partial charge in [0, 0.05) is 6.20 Å². The van der Waals surface area contributed by atoms with Gasteiger partial charge in [0.05, 0.1) is 40.6 Å². The van der Waals surface area contributed by atoms with Crippen molar-refractivity contribution in [1.82, 2.24) is 9.78 Å². The van der Waals surface area contributed by atoms with Crippen molar-refractivity contribution < 1.29 is 9.53 Å². The molecule has 1 heterocycles. The third kappa shape index (κ3) is 4.36. The molecular formula is C19H17Cl2N3O2. The van der Waals surface area contributed by atoms with E-state index < -0.39 is 0 Å². The fourth-order valence-electron chi connectivity index (χ4n) is 2.47. The van der Waals surface area contributed by atoms with Crippen LogP contribution in [0.5, 0.6) is 5.75 Å². The fourth-order valence-corrected chi connectivity index (χ4v) is 2.79. The first kappa shape index (κ1) is 18.3. The summed E-state index contributed by atoms with van der Waals surface area (Å²) in [7, 11) is 0. The van der Waals surface area contributed by atoms with E-state index in [0.717, 1.165) is 5.56 Å². The largest absolute Gasteiger partial charge is 0.493 e. The Bertz CT molecular complexity index is 925. The third-order valence-electron chi connectivity index (χ3n) is 3.65. The molecule has 134 valence electrons. The van der Waals surface area contributed by atoms with Gasteiger partial charge in [0.1, 0.15) is 5.75 Å². The molecule has 3 rings (SSSR count). The molecule has 1 N–H and O–H groups in total. The highest BCUT2D eigenvalue weighted by Crippen LogP contribution is 2.23. The molecule has 0 aliphatic heterocycles. The van der Waals surface area contributed by atoms with Crippen molar-refractivity contribution in [3.63, 3.8) is 0 Å². The Labute approximate surface area is 161 Å². The fraction of sp³-hybridized carbons (Fsp3) is 0.158. The maximum Gasteiger partial charge on any atom is 0.259 e. The average Bonchev–Trinajstić information content (AvgIpc) is 3.06. The first-order valence-corrected chi connectivity index (χ1v) is 8.82. The molecule has 3 aromatic rings. The summed E-state index contributed by atoms with van der Waals surface area (Å²) in [5.74, 6) is 0.304. The smallest absolute Gasteiger partial charge is 0.259 e. The molecule has 0 radical (unpaired) electrons. The van der Waals surface area contributed by atoms with E-state index >= 15 is 0 Å². The highest BCUT2D eigenvalue weighted by Gasteiger charge is 2.13. The number of ether oxygens (including phenoxy) is 1. The monoisotopic (exact) mass is 389 g/mol. The van der Waals surface area contributed by atoms with Crippen molar-refractivity contribution in [2.24, 2.45) is 0 Å². The summed E-state index contributed by atoms with van der Waals surface area (Å²) in [6, 6.07) is 12.5. The van der Waals surface area contributed by atoms with Crippen LogP contribution >= 0.6 is 23.2 Å². The standard InChI is InChI=1S/C19H17Cl2N3O2/c1-2-26-18-6-4-3-5-15(18)19(25)23-14-10-22-24(12-14)11-13-7-8-16(20)17(21)9-13/h3-10,12H,2,11H2,1H3,(H,23,25). The normalized spacial score (nSPS) is 10.6. The minimum Gasteiger partial charge on any atom is -0.493 e. The van der Waals surface area contributed by atoms with E-state index in [-0.39, 0.29) is 5.91 Å². The number of nitrogens with zero attached hydrogens (tertiary/aromatic N) is 2. The second-order valence-electron chi connectivity index (χ2n) is 5.56. The second-order valence-corrected chi connectivity index (χ2v) is 6.37. The Kier molecular flexibility index (Phi) is 5.81. The molecular weight excluding hydrogens is 373 g/mol. The van der Waals surface area contributed by atoms with Gasteiger partial charge in [0.25, 0.3) is 5.91 Å². The zero-order chi connectivity index (χ0) is 18.5. The lowest BCUT2D eigenvalue weighted by Crippen LogP contribution is -2.13. The number of amides is 1. The molecule has 2 aromatic carbocycles. The highest BCUT2D eigenvalue weighted by molar-refractivity contribution is 6.42. The van der Waals surface area contributed by atoms with Crippen molar-refractivity contribution in [2.75, 3.05) is 11.9 Å². The number of carbonyl (C=O) groups excluding carboxylic acids is 1. The number of benzene rings is 2. The number of anilines is 1. The Hall–Kier alpha value is -2.50. The molecule has 1 amide bonds. The topological polar surface area (TPSA) is 56.1 Å². The van der Waals surface area contributed by atoms with Crippen LogP contribution in [0.15, 0.2) is 54.9 Å². The van der Waals surface area contributed by atoms with Crippen molar-refractivity contribution >= 4 is 34.8 Å². The zero-order valence-electron chi connectivity index (χ0n) is 14.1. The van der Waals surface area contributed by atoms with Gasteiger partial charge < -0.3 is 10.1 Å². The molecule has 0 saturated heterocycles. The minimum atomic E-state index is -0.247. The summed E-state index contributed by atoms with van der Waals surface area (Å²) >= 11 is 12.0. The van der Waals surface area contributed by atoms with E-state index in [4.69, 9.17) is 27.9 Å². The highest BCUT2D eigenvalue weighted by atomic mass is 35.5. The van der Waals surface area contributed by atoms with Gasteiger partial charge in [-0.3, -0.25) is 9.48 Å². The summed E-state index contributed by atoms with van der Waals surface area (Å²) in [5.41, 5.74) is 2.04. The summed E-state index contributed by atoms with van der Waals surface area (Å²) in [6.07, 6.45) is 3.35. The van der Waals surface area contributed by atoms with Gasteiger partial charge >= 0.3 is 0 Å². The predicted molar refractivity (Wildman–Crippen MR) is 103 cm³/mol. The quantitative estimate of drug-likeness (QED) is 0.652. The number of para-hydroxylation sites is 1. The summed E-state index contributed by atoms with van der Waals surface area (Å²) in [4.78, 5) is 12.5. The number of carbonyl (C=O) groups is 1. The van der Waals surface area contributed by atoms with Gasteiger partial charge in [0.15, 0.2) is 0 Å². The van der Waals surface area contributed by atoms with Crippen LogP contribution in [0.3, 0.4) is 0 Å². The van der Waals surface area contributed by atoms with E-state index in [1.807, 2.05) is 19.1 Å². The summed E-state index contributed by atoms with van der Waals surface area (Å²) in [6.45, 7) is 2.88. The van der Waals surface area contributed by atoms with Crippen LogP contribution in [-0.2, 0) is 6.54 Å². The summed E-state index contributed by atoms with van der Waals surface area (Å²) < 4.78 is 7.21. The van der Waals surface area contributed by atoms with Crippen LogP contribution in [0.4, 0.5) is 5.69 Å². The third-order valence-corrected chi connectivity index (χ3v) is 4.39. The molecule has 26 heavy (non-hydrogen) atoms. The number of hydrogen-bond acceptors (Lipinski definition) is 3. The van der Waals surface area contributed by atoms with Crippen LogP contribution in [0, 0.1) is 0 Å². The molecule has 0 aliphatic carbocycles. The van der Waals surface area contributed by atoms with Crippen molar-refractivity contribution in [3.05, 3.63) is 76.0 Å². The van der Waals surface area contributed by atoms with E-state index in [0.29, 0.717) is 40.2 Å². The predicted octanol–water partition coefficient (Wildman–Crippen LogP) is 4.89. The number of halogens is 2. The molecule has 0 unspecified atom stereocenters. The molecule has 0 saturated carbocycles. The molecule has 1 aromatic heterocycles. The Morgan fingerprint density at radius 2 is 2.00 bits per heavy atom. The van der Waals surface area contributed by atoms with Crippen molar-refractivity contribution in [3.8, 4) is 5.75 Å². The maximum absolute atomic E-state index is 12.5. The van der Waals surface area contributed by atoms with E-state index in [1.54, 1.807) is 47.4 Å². The van der Waals surface area contributed by atoms with Crippen LogP contribution < -0.4 is 10.1 Å². The molecule has 0 fully saturated rings. The average molecular weight is 390 g/mol. The van der Waals surface area contributed by atoms with Gasteiger partial charge in [-0.05, 0) is 36.8 Å². The Morgan fingerprint density at radius 1 is 1.19 bits per heavy atom. The molecule has 5 nitrogen and oxygen atoms in total. The van der Waals surface area contributed by atoms with Crippen LogP contribution in [0.2, 0.25) is 10.0 Å². The van der Waals surface area contributed by atoms with Gasteiger partial charge in [-0.25, -0.2) is 0 Å². The lowest BCUT2D eigenvalue weighted by atomic mass is 10.2. The molecule has 0 aliphatic rings. The van der Waals surface area contributed by atoms with Crippen LogP contribution in [0.1, 0.15) is 22.8 Å². The number of nitrogens with one attached hydrogen (secondary N) is 1. The minimum absolute atomic E-state index is 0.247. The number of rotatable bonds is 6. The van der Waals surface area contributed by atoms with E-state index in [2.05, 4.69) is 10.4 Å². The van der Waals surface area contributed by atoms with Gasteiger partial charge in [0.2, 0.25) is 0 Å². The van der Waals surface area contributed by atoms with E-state index in [1.165, 1.54) is 0 Å². The van der Waals surface area contributed by atoms with Crippen molar-refractivity contribution in [1.29, 1.82) is 0 Å². The zero-order valence-corrected chi connectivity index (χ0v) is 15.6. The van der Waals surface area contributed by atoms with Gasteiger partial charge in [-0.15, -0.1) is 0 Å². The molecule has 0 atom stereocenters. The van der Waals surface area contributed by atoms with E-state index in [9.17, 15) is 4.79 Å². The Balaban J connectivity index is 1.70. The second kappa shape index (κ2) is 8.25. The molecule has 7 heteroatoms. The summed E-state index contributed by atoms with van der Waals surface area (Å²) in [5, 5.41) is 8.11. The first-order valence-electron chi connectivity index (χ1n) is 8.06. The van der Waals surface area contributed by atoms with Crippen LogP contribution in [-0.4, -0.2) is 22.3 Å². The lowest BCUT2D eigenvalue weighted by Gasteiger charge is -2.09. The Morgan fingerprint density at radius 3 is 2.77 bits per heavy atom. The lowest BCUT2D eigenvalue weighted by molar-refractivity contribution is 0.102. The molecule has 0 bridgehead atoms. The first-order chi connectivity index (χ1) is 12.6. The number of aromatic nitrogens is 2. The number of hydrogen-bond donors (Lipinski definition) is 1. The SMILES string of the molecule is CCOc1ccccc1C(=O)Nc1cnn(Cc2ccc(Cl)c(Cl)c2)c1. The molecule has 0 spiro atoms. The van der Waals surface area contributed by atoms with Gasteiger partial charge in [-0.2, -0.15) is 5.10 Å². The van der Waals surface area contributed by atoms with Crippen LogP contribution in [0.25, 0.3) is 0 Å². The van der Waals surface area contributed by atoms with Gasteiger partial charge in [-0.1, -0.05) is 41.4 Å². The maximum atomic E-state index is 12.5.